The highest BCUT2D eigenvalue weighted by molar-refractivity contribution is 5.92. The van der Waals surface area contributed by atoms with E-state index in [0.717, 1.165) is 17.2 Å². The zero-order valence-electron chi connectivity index (χ0n) is 15.1. The van der Waals surface area contributed by atoms with Crippen LogP contribution in [0.15, 0.2) is 22.6 Å². The van der Waals surface area contributed by atoms with Gasteiger partial charge in [0.15, 0.2) is 0 Å². The molecule has 0 aliphatic rings. The maximum Gasteiger partial charge on any atom is 0.272 e. The molecule has 0 unspecified atom stereocenters. The minimum Gasteiger partial charge on any atom is -0.464 e. The van der Waals surface area contributed by atoms with Gasteiger partial charge in [0, 0.05) is 5.69 Å². The maximum absolute atomic E-state index is 12.5. The van der Waals surface area contributed by atoms with Crippen LogP contribution in [0, 0.1) is 6.92 Å². The molecule has 0 bridgehead atoms. The standard InChI is InChI=1S/C18H27N3O2/c1-11(2)15-10-14(20-21(15)18(5,6)7)17(22)19-13(4)16-9-8-12(3)23-16/h8-11,13H,1-7H3,(H,19,22)/t13-/m0/s1. The van der Waals surface area contributed by atoms with Crippen molar-refractivity contribution >= 4 is 5.91 Å². The molecule has 0 aromatic carbocycles. The van der Waals surface area contributed by atoms with Crippen molar-refractivity contribution in [3.63, 3.8) is 0 Å². The fourth-order valence-electron chi connectivity index (χ4n) is 2.48. The lowest BCUT2D eigenvalue weighted by molar-refractivity contribution is 0.0928. The van der Waals surface area contributed by atoms with Crippen molar-refractivity contribution in [2.24, 2.45) is 0 Å². The Hall–Kier alpha value is -2.04. The molecule has 5 heteroatoms. The molecule has 0 aliphatic heterocycles. The third kappa shape index (κ3) is 3.84. The second-order valence-corrected chi connectivity index (χ2v) is 7.34. The lowest BCUT2D eigenvalue weighted by Crippen LogP contribution is -2.29. The number of furan rings is 1. The fraction of sp³-hybridized carbons (Fsp3) is 0.556. The van der Waals surface area contributed by atoms with Crippen molar-refractivity contribution in [1.29, 1.82) is 0 Å². The molecule has 5 nitrogen and oxygen atoms in total. The zero-order chi connectivity index (χ0) is 17.4. The molecular weight excluding hydrogens is 290 g/mol. The van der Waals surface area contributed by atoms with Crippen molar-refractivity contribution in [3.05, 3.63) is 41.1 Å². The van der Waals surface area contributed by atoms with Crippen LogP contribution in [0.1, 0.15) is 81.2 Å². The quantitative estimate of drug-likeness (QED) is 0.921. The molecule has 23 heavy (non-hydrogen) atoms. The highest BCUT2D eigenvalue weighted by Gasteiger charge is 2.24. The number of hydrogen-bond donors (Lipinski definition) is 1. The van der Waals surface area contributed by atoms with Gasteiger partial charge in [-0.25, -0.2) is 0 Å². The number of carbonyl (C=O) groups excluding carboxylic acids is 1. The lowest BCUT2D eigenvalue weighted by Gasteiger charge is -2.23. The molecule has 0 saturated heterocycles. The summed E-state index contributed by atoms with van der Waals surface area (Å²) < 4.78 is 7.50. The second-order valence-electron chi connectivity index (χ2n) is 7.34. The van der Waals surface area contributed by atoms with Crippen LogP contribution in [0.2, 0.25) is 0 Å². The van der Waals surface area contributed by atoms with E-state index in [-0.39, 0.29) is 17.5 Å². The molecule has 1 N–H and O–H groups in total. The van der Waals surface area contributed by atoms with Crippen molar-refractivity contribution < 1.29 is 9.21 Å². The average molecular weight is 317 g/mol. The van der Waals surface area contributed by atoms with Crippen LogP contribution in [0.3, 0.4) is 0 Å². The Balaban J connectivity index is 2.23. The third-order valence-electron chi connectivity index (χ3n) is 3.73. The molecule has 126 valence electrons. The van der Waals surface area contributed by atoms with Crippen LogP contribution in [-0.2, 0) is 5.54 Å². The van der Waals surface area contributed by atoms with Crippen molar-refractivity contribution in [2.75, 3.05) is 0 Å². The predicted octanol–water partition coefficient (Wildman–Crippen LogP) is 4.15. The van der Waals surface area contributed by atoms with Crippen LogP contribution < -0.4 is 5.32 Å². The van der Waals surface area contributed by atoms with Crippen molar-refractivity contribution in [1.82, 2.24) is 15.1 Å². The van der Waals surface area contributed by atoms with Gasteiger partial charge in [0.05, 0.1) is 11.6 Å². The van der Waals surface area contributed by atoms with Crippen molar-refractivity contribution in [2.45, 2.75) is 66.0 Å². The molecule has 2 rings (SSSR count). The molecule has 1 atom stereocenters. The van der Waals surface area contributed by atoms with Gasteiger partial charge in [-0.05, 0) is 58.7 Å². The lowest BCUT2D eigenvalue weighted by atomic mass is 10.1. The Kier molecular flexibility index (Phi) is 4.68. The SMILES string of the molecule is Cc1ccc([C@H](C)NC(=O)c2cc(C(C)C)n(C(C)(C)C)n2)o1. The molecule has 0 spiro atoms. The van der Waals surface area contributed by atoms with Crippen LogP contribution in [-0.4, -0.2) is 15.7 Å². The molecule has 0 radical (unpaired) electrons. The third-order valence-corrected chi connectivity index (χ3v) is 3.73. The van der Waals surface area contributed by atoms with E-state index in [1.54, 1.807) is 0 Å². The number of aromatic nitrogens is 2. The van der Waals surface area contributed by atoms with Crippen LogP contribution in [0.5, 0.6) is 0 Å². The molecular formula is C18H27N3O2. The van der Waals surface area contributed by atoms with Crippen molar-refractivity contribution in [3.8, 4) is 0 Å². The van der Waals surface area contributed by atoms with E-state index in [1.807, 2.05) is 36.7 Å². The summed E-state index contributed by atoms with van der Waals surface area (Å²) in [6.07, 6.45) is 0. The Morgan fingerprint density at radius 2 is 1.91 bits per heavy atom. The predicted molar refractivity (Wildman–Crippen MR) is 90.6 cm³/mol. The van der Waals surface area contributed by atoms with Crippen LogP contribution in [0.25, 0.3) is 0 Å². The van der Waals surface area contributed by atoms with E-state index in [1.165, 1.54) is 0 Å². The minimum atomic E-state index is -0.196. The summed E-state index contributed by atoms with van der Waals surface area (Å²) in [5.41, 5.74) is 1.34. The monoisotopic (exact) mass is 317 g/mol. The summed E-state index contributed by atoms with van der Waals surface area (Å²) >= 11 is 0. The summed E-state index contributed by atoms with van der Waals surface area (Å²) in [5.74, 6) is 1.69. The van der Waals surface area contributed by atoms with Gasteiger partial charge in [-0.15, -0.1) is 0 Å². The van der Waals surface area contributed by atoms with E-state index < -0.39 is 0 Å². The maximum atomic E-state index is 12.5. The number of aryl methyl sites for hydroxylation is 1. The van der Waals surface area contributed by atoms with Gasteiger partial charge in [-0.2, -0.15) is 5.10 Å². The summed E-state index contributed by atoms with van der Waals surface area (Å²) in [6, 6.07) is 5.46. The number of hydrogen-bond acceptors (Lipinski definition) is 3. The van der Waals surface area contributed by atoms with Gasteiger partial charge in [-0.1, -0.05) is 13.8 Å². The molecule has 0 fully saturated rings. The number of carbonyl (C=O) groups is 1. The van der Waals surface area contributed by atoms with Crippen LogP contribution >= 0.6 is 0 Å². The molecule has 0 aliphatic carbocycles. The van der Waals surface area contributed by atoms with E-state index in [2.05, 4.69) is 45.0 Å². The Morgan fingerprint density at radius 3 is 2.35 bits per heavy atom. The molecule has 2 aromatic heterocycles. The van der Waals surface area contributed by atoms with E-state index in [0.29, 0.717) is 11.6 Å². The van der Waals surface area contributed by atoms with Gasteiger partial charge in [0.25, 0.3) is 5.91 Å². The van der Waals surface area contributed by atoms with E-state index in [4.69, 9.17) is 4.42 Å². The molecule has 1 amide bonds. The van der Waals surface area contributed by atoms with Gasteiger partial charge < -0.3 is 9.73 Å². The molecule has 2 aromatic rings. The van der Waals surface area contributed by atoms with Gasteiger partial charge in [-0.3, -0.25) is 9.48 Å². The van der Waals surface area contributed by atoms with Gasteiger partial charge >= 0.3 is 0 Å². The van der Waals surface area contributed by atoms with E-state index in [9.17, 15) is 4.79 Å². The molecule has 0 saturated carbocycles. The van der Waals surface area contributed by atoms with E-state index >= 15 is 0 Å². The average Bonchev–Trinajstić information content (AvgIpc) is 3.03. The Labute approximate surface area is 138 Å². The zero-order valence-corrected chi connectivity index (χ0v) is 15.1. The number of rotatable bonds is 4. The largest absolute Gasteiger partial charge is 0.464 e. The number of nitrogens with zero attached hydrogens (tertiary/aromatic N) is 2. The minimum absolute atomic E-state index is 0.165. The smallest absolute Gasteiger partial charge is 0.272 e. The number of amides is 1. The van der Waals surface area contributed by atoms with Gasteiger partial charge in [0.1, 0.15) is 17.2 Å². The highest BCUT2D eigenvalue weighted by atomic mass is 16.3. The first-order chi connectivity index (χ1) is 10.6. The van der Waals surface area contributed by atoms with Crippen LogP contribution in [0.4, 0.5) is 0 Å². The first kappa shape index (κ1) is 17.3. The van der Waals surface area contributed by atoms with Gasteiger partial charge in [0.2, 0.25) is 0 Å². The first-order valence-corrected chi connectivity index (χ1v) is 8.07. The first-order valence-electron chi connectivity index (χ1n) is 8.07. The normalized spacial score (nSPS) is 13.4. The second kappa shape index (κ2) is 6.22. The summed E-state index contributed by atoms with van der Waals surface area (Å²) in [5, 5.41) is 7.48. The summed E-state index contributed by atoms with van der Waals surface area (Å²) in [4.78, 5) is 12.5. The highest BCUT2D eigenvalue weighted by Crippen LogP contribution is 2.24. The summed E-state index contributed by atoms with van der Waals surface area (Å²) in [6.45, 7) is 14.3. The summed E-state index contributed by atoms with van der Waals surface area (Å²) in [7, 11) is 0. The Morgan fingerprint density at radius 1 is 1.26 bits per heavy atom. The Bertz CT molecular complexity index is 689. The topological polar surface area (TPSA) is 60.1 Å². The number of nitrogens with one attached hydrogen (secondary N) is 1. The molecule has 2 heterocycles. The fourth-order valence-corrected chi connectivity index (χ4v) is 2.48.